The van der Waals surface area contributed by atoms with E-state index in [1.165, 1.54) is 32.1 Å². The summed E-state index contributed by atoms with van der Waals surface area (Å²) in [5.41, 5.74) is 7.98. The van der Waals surface area contributed by atoms with Crippen LogP contribution in [0.5, 0.6) is 0 Å². The molecular formula is C16H23BrN2O2. The number of halogens is 1. The van der Waals surface area contributed by atoms with Crippen molar-refractivity contribution in [3.05, 3.63) is 27.7 Å². The van der Waals surface area contributed by atoms with Crippen LogP contribution in [0.25, 0.3) is 0 Å². The van der Waals surface area contributed by atoms with Crippen LogP contribution in [0.3, 0.4) is 0 Å². The maximum atomic E-state index is 11.2. The van der Waals surface area contributed by atoms with Gasteiger partial charge in [0.15, 0.2) is 0 Å². The summed E-state index contributed by atoms with van der Waals surface area (Å²) in [6.45, 7) is 2.82. The molecule has 116 valence electrons. The van der Waals surface area contributed by atoms with E-state index in [0.29, 0.717) is 16.7 Å². The number of carboxylic acids is 1. The first-order chi connectivity index (χ1) is 9.97. The highest BCUT2D eigenvalue weighted by molar-refractivity contribution is 9.10. The van der Waals surface area contributed by atoms with Crippen molar-refractivity contribution in [1.29, 1.82) is 0 Å². The van der Waals surface area contributed by atoms with E-state index in [1.807, 2.05) is 0 Å². The number of anilines is 1. The number of hydrogen-bond donors (Lipinski definition) is 3. The highest BCUT2D eigenvalue weighted by Crippen LogP contribution is 2.32. The summed E-state index contributed by atoms with van der Waals surface area (Å²) >= 11 is 3.35. The minimum atomic E-state index is -0.931. The van der Waals surface area contributed by atoms with Crippen LogP contribution >= 0.6 is 15.9 Å². The molecule has 2 rings (SSSR count). The van der Waals surface area contributed by atoms with Gasteiger partial charge < -0.3 is 16.2 Å². The summed E-state index contributed by atoms with van der Waals surface area (Å²) in [5.74, 6) is -0.931. The Morgan fingerprint density at radius 1 is 1.38 bits per heavy atom. The van der Waals surface area contributed by atoms with Crippen molar-refractivity contribution in [2.24, 2.45) is 0 Å². The van der Waals surface area contributed by atoms with Crippen molar-refractivity contribution >= 4 is 27.6 Å². The topological polar surface area (TPSA) is 75.3 Å². The standard InChI is InChI=1S/C16H23BrN2O2/c1-2-16(6-4-3-5-7-16)19-10-12-8-11(15(20)21)9-13(17)14(12)18/h8-9,19H,2-7,10,18H2,1H3,(H,20,21). The van der Waals surface area contributed by atoms with Gasteiger partial charge in [0, 0.05) is 16.6 Å². The lowest BCUT2D eigenvalue weighted by Crippen LogP contribution is -2.45. The second-order valence-corrected chi connectivity index (χ2v) is 6.74. The first kappa shape index (κ1) is 16.3. The number of nitrogens with two attached hydrogens (primary N) is 1. The monoisotopic (exact) mass is 354 g/mol. The smallest absolute Gasteiger partial charge is 0.335 e. The van der Waals surface area contributed by atoms with Crippen LogP contribution < -0.4 is 11.1 Å². The first-order valence-corrected chi connectivity index (χ1v) is 8.33. The third kappa shape index (κ3) is 3.77. The Hall–Kier alpha value is -1.07. The molecule has 0 saturated heterocycles. The Labute approximate surface area is 134 Å². The Kier molecular flexibility index (Phi) is 5.27. The van der Waals surface area contributed by atoms with Crippen molar-refractivity contribution in [2.75, 3.05) is 5.73 Å². The summed E-state index contributed by atoms with van der Waals surface area (Å²) in [6, 6.07) is 3.22. The second kappa shape index (κ2) is 6.79. The summed E-state index contributed by atoms with van der Waals surface area (Å²) in [6.07, 6.45) is 7.29. The van der Waals surface area contributed by atoms with Gasteiger partial charge in [0.1, 0.15) is 0 Å². The minimum absolute atomic E-state index is 0.177. The molecule has 1 fully saturated rings. The van der Waals surface area contributed by atoms with Crippen molar-refractivity contribution < 1.29 is 9.90 Å². The number of aromatic carboxylic acids is 1. The van der Waals surface area contributed by atoms with Crippen molar-refractivity contribution in [3.63, 3.8) is 0 Å². The van der Waals surface area contributed by atoms with Gasteiger partial charge >= 0.3 is 5.97 Å². The molecule has 0 aliphatic heterocycles. The van der Waals surface area contributed by atoms with Crippen molar-refractivity contribution in [3.8, 4) is 0 Å². The van der Waals surface area contributed by atoms with Crippen LogP contribution in [-0.4, -0.2) is 16.6 Å². The van der Waals surface area contributed by atoms with Crippen LogP contribution in [0, 0.1) is 0 Å². The van der Waals surface area contributed by atoms with Gasteiger partial charge in [0.2, 0.25) is 0 Å². The Balaban J connectivity index is 2.17. The van der Waals surface area contributed by atoms with Crippen molar-refractivity contribution in [2.45, 2.75) is 57.5 Å². The molecule has 21 heavy (non-hydrogen) atoms. The Morgan fingerprint density at radius 2 is 2.05 bits per heavy atom. The fraction of sp³-hybridized carbons (Fsp3) is 0.562. The predicted molar refractivity (Wildman–Crippen MR) is 88.5 cm³/mol. The summed E-state index contributed by atoms with van der Waals surface area (Å²) in [4.78, 5) is 11.2. The molecule has 0 radical (unpaired) electrons. The zero-order valence-electron chi connectivity index (χ0n) is 12.4. The SMILES string of the molecule is CCC1(NCc2cc(C(=O)O)cc(Br)c2N)CCCCC1. The minimum Gasteiger partial charge on any atom is -0.478 e. The van der Waals surface area contributed by atoms with Gasteiger partial charge in [-0.25, -0.2) is 4.79 Å². The number of carboxylic acid groups (broad SMARTS) is 1. The molecule has 4 nitrogen and oxygen atoms in total. The van der Waals surface area contributed by atoms with Crippen LogP contribution in [0.15, 0.2) is 16.6 Å². The van der Waals surface area contributed by atoms with Crippen LogP contribution in [0.1, 0.15) is 61.4 Å². The molecule has 1 aromatic carbocycles. The van der Waals surface area contributed by atoms with E-state index in [0.717, 1.165) is 12.0 Å². The number of rotatable bonds is 5. The molecule has 1 aliphatic rings. The molecule has 0 aromatic heterocycles. The number of carbonyl (C=O) groups is 1. The van der Waals surface area contributed by atoms with Gasteiger partial charge in [-0.2, -0.15) is 0 Å². The molecule has 0 amide bonds. The molecule has 4 N–H and O–H groups in total. The molecule has 0 heterocycles. The fourth-order valence-corrected chi connectivity index (χ4v) is 3.61. The van der Waals surface area contributed by atoms with Gasteiger partial charge in [-0.1, -0.05) is 26.2 Å². The van der Waals surface area contributed by atoms with Gasteiger partial charge in [-0.3, -0.25) is 0 Å². The zero-order valence-corrected chi connectivity index (χ0v) is 14.0. The molecule has 0 bridgehead atoms. The van der Waals surface area contributed by atoms with E-state index in [2.05, 4.69) is 28.2 Å². The molecule has 5 heteroatoms. The van der Waals surface area contributed by atoms with Gasteiger partial charge in [-0.15, -0.1) is 0 Å². The highest BCUT2D eigenvalue weighted by Gasteiger charge is 2.29. The van der Waals surface area contributed by atoms with Crippen LogP contribution in [0.2, 0.25) is 0 Å². The van der Waals surface area contributed by atoms with Crippen LogP contribution in [-0.2, 0) is 6.54 Å². The zero-order chi connectivity index (χ0) is 15.5. The normalized spacial score (nSPS) is 17.6. The Morgan fingerprint density at radius 3 is 2.62 bits per heavy atom. The molecule has 1 aliphatic carbocycles. The van der Waals surface area contributed by atoms with E-state index in [1.54, 1.807) is 12.1 Å². The van der Waals surface area contributed by atoms with E-state index >= 15 is 0 Å². The number of hydrogen-bond acceptors (Lipinski definition) is 3. The van der Waals surface area contributed by atoms with Gasteiger partial charge in [-0.05, 0) is 52.9 Å². The lowest BCUT2D eigenvalue weighted by molar-refractivity contribution is 0.0696. The van der Waals surface area contributed by atoms with E-state index < -0.39 is 5.97 Å². The largest absolute Gasteiger partial charge is 0.478 e. The number of nitrogen functional groups attached to an aromatic ring is 1. The third-order valence-corrected chi connectivity index (χ3v) is 5.26. The van der Waals surface area contributed by atoms with Crippen LogP contribution in [0.4, 0.5) is 5.69 Å². The van der Waals surface area contributed by atoms with Gasteiger partial charge in [0.25, 0.3) is 0 Å². The molecule has 0 atom stereocenters. The Bertz CT molecular complexity index is 525. The fourth-order valence-electron chi connectivity index (χ4n) is 3.11. The van der Waals surface area contributed by atoms with E-state index in [9.17, 15) is 4.79 Å². The molecule has 0 spiro atoms. The number of benzene rings is 1. The average Bonchev–Trinajstić information content (AvgIpc) is 2.49. The number of nitrogens with one attached hydrogen (secondary N) is 1. The van der Waals surface area contributed by atoms with E-state index in [4.69, 9.17) is 10.8 Å². The molecular weight excluding hydrogens is 332 g/mol. The molecule has 1 saturated carbocycles. The molecule has 1 aromatic rings. The predicted octanol–water partition coefficient (Wildman–Crippen LogP) is 3.93. The van der Waals surface area contributed by atoms with E-state index in [-0.39, 0.29) is 11.1 Å². The van der Waals surface area contributed by atoms with Gasteiger partial charge in [0.05, 0.1) is 11.3 Å². The lowest BCUT2D eigenvalue weighted by atomic mass is 9.79. The third-order valence-electron chi connectivity index (χ3n) is 4.60. The molecule has 0 unspecified atom stereocenters. The van der Waals surface area contributed by atoms with Crippen molar-refractivity contribution in [1.82, 2.24) is 5.32 Å². The highest BCUT2D eigenvalue weighted by atomic mass is 79.9. The lowest BCUT2D eigenvalue weighted by Gasteiger charge is -2.38. The summed E-state index contributed by atoms with van der Waals surface area (Å²) in [5, 5.41) is 12.8. The average molecular weight is 355 g/mol. The maximum Gasteiger partial charge on any atom is 0.335 e. The summed E-state index contributed by atoms with van der Waals surface area (Å²) in [7, 11) is 0. The maximum absolute atomic E-state index is 11.2. The summed E-state index contributed by atoms with van der Waals surface area (Å²) < 4.78 is 0.647. The quantitative estimate of drug-likeness (QED) is 0.700. The first-order valence-electron chi connectivity index (χ1n) is 7.53. The second-order valence-electron chi connectivity index (χ2n) is 5.88.